The van der Waals surface area contributed by atoms with Gasteiger partial charge in [-0.2, -0.15) is 0 Å². The van der Waals surface area contributed by atoms with Gasteiger partial charge in [-0.25, -0.2) is 0 Å². The molecule has 0 saturated carbocycles. The van der Waals surface area contributed by atoms with Crippen molar-refractivity contribution in [3.05, 3.63) is 42.7 Å². The average molecular weight is 186 g/mol. The lowest BCUT2D eigenvalue weighted by molar-refractivity contribution is 0.477. The zero-order valence-corrected chi connectivity index (χ0v) is 7.51. The molecule has 0 radical (unpaired) electrons. The summed E-state index contributed by atoms with van der Waals surface area (Å²) in [5, 5.41) is 9.61. The Balaban J connectivity index is 2.57. The van der Waals surface area contributed by atoms with E-state index in [-0.39, 0.29) is 5.75 Å². The van der Waals surface area contributed by atoms with E-state index in [0.717, 1.165) is 5.56 Å². The summed E-state index contributed by atoms with van der Waals surface area (Å²) in [5.74, 6) is 0.215. The summed E-state index contributed by atoms with van der Waals surface area (Å²) in [6, 6.07) is 8.67. The molecule has 3 N–H and O–H groups in total. The van der Waals surface area contributed by atoms with Crippen LogP contribution in [0.4, 0.5) is 5.69 Å². The molecule has 1 aromatic heterocycles. The molecule has 3 heteroatoms. The fraction of sp³-hybridized carbons (Fsp3) is 0. The fourth-order valence-corrected chi connectivity index (χ4v) is 1.31. The second-order valence-corrected chi connectivity index (χ2v) is 3.02. The second-order valence-electron chi connectivity index (χ2n) is 3.02. The van der Waals surface area contributed by atoms with Gasteiger partial charge >= 0.3 is 0 Å². The SMILES string of the molecule is Nc1ccc(O)c(-c2cccnc2)c1. The van der Waals surface area contributed by atoms with Crippen LogP contribution >= 0.6 is 0 Å². The number of hydrogen-bond acceptors (Lipinski definition) is 3. The lowest BCUT2D eigenvalue weighted by Gasteiger charge is -2.04. The summed E-state index contributed by atoms with van der Waals surface area (Å²) < 4.78 is 0. The summed E-state index contributed by atoms with van der Waals surface area (Å²) in [4.78, 5) is 3.98. The van der Waals surface area contributed by atoms with Gasteiger partial charge in [0.2, 0.25) is 0 Å². The maximum atomic E-state index is 9.61. The van der Waals surface area contributed by atoms with Gasteiger partial charge in [-0.15, -0.1) is 0 Å². The topological polar surface area (TPSA) is 59.1 Å². The molecule has 0 bridgehead atoms. The van der Waals surface area contributed by atoms with E-state index in [9.17, 15) is 5.11 Å². The van der Waals surface area contributed by atoms with Gasteiger partial charge in [0, 0.05) is 29.2 Å². The molecular weight excluding hydrogens is 176 g/mol. The quantitative estimate of drug-likeness (QED) is 0.529. The van der Waals surface area contributed by atoms with E-state index in [1.54, 1.807) is 30.6 Å². The molecule has 0 saturated heterocycles. The van der Waals surface area contributed by atoms with Gasteiger partial charge in [-0.05, 0) is 24.3 Å². The number of nitrogen functional groups attached to an aromatic ring is 1. The molecule has 0 aliphatic carbocycles. The first-order valence-corrected chi connectivity index (χ1v) is 4.26. The van der Waals surface area contributed by atoms with Crippen LogP contribution in [0.15, 0.2) is 42.7 Å². The van der Waals surface area contributed by atoms with Gasteiger partial charge in [0.1, 0.15) is 5.75 Å². The molecule has 0 atom stereocenters. The first kappa shape index (κ1) is 8.56. The van der Waals surface area contributed by atoms with Crippen molar-refractivity contribution in [1.82, 2.24) is 4.98 Å². The van der Waals surface area contributed by atoms with E-state index in [4.69, 9.17) is 5.73 Å². The van der Waals surface area contributed by atoms with E-state index in [1.165, 1.54) is 0 Å². The minimum absolute atomic E-state index is 0.215. The number of benzene rings is 1. The average Bonchev–Trinajstić information content (AvgIpc) is 2.23. The third-order valence-corrected chi connectivity index (χ3v) is 1.99. The highest BCUT2D eigenvalue weighted by molar-refractivity contribution is 5.72. The summed E-state index contributed by atoms with van der Waals surface area (Å²) in [6.07, 6.45) is 3.38. The molecule has 0 spiro atoms. The van der Waals surface area contributed by atoms with Crippen LogP contribution in [0.25, 0.3) is 11.1 Å². The number of pyridine rings is 1. The van der Waals surface area contributed by atoms with E-state index < -0.39 is 0 Å². The van der Waals surface area contributed by atoms with E-state index in [0.29, 0.717) is 11.3 Å². The number of aromatic nitrogens is 1. The van der Waals surface area contributed by atoms with Crippen LogP contribution in [0.1, 0.15) is 0 Å². The van der Waals surface area contributed by atoms with Gasteiger partial charge < -0.3 is 10.8 Å². The maximum absolute atomic E-state index is 9.61. The molecule has 0 amide bonds. The van der Waals surface area contributed by atoms with Gasteiger partial charge in [0.15, 0.2) is 0 Å². The minimum atomic E-state index is 0.215. The highest BCUT2D eigenvalue weighted by Gasteiger charge is 2.03. The predicted molar refractivity (Wildman–Crippen MR) is 55.8 cm³/mol. The maximum Gasteiger partial charge on any atom is 0.123 e. The van der Waals surface area contributed by atoms with Gasteiger partial charge in [0.25, 0.3) is 0 Å². The zero-order valence-electron chi connectivity index (χ0n) is 7.51. The van der Waals surface area contributed by atoms with Crippen molar-refractivity contribution in [2.45, 2.75) is 0 Å². The molecule has 2 rings (SSSR count). The molecule has 0 aliphatic rings. The van der Waals surface area contributed by atoms with Crippen LogP contribution in [0.5, 0.6) is 5.75 Å². The van der Waals surface area contributed by atoms with Crippen LogP contribution in [0.2, 0.25) is 0 Å². The smallest absolute Gasteiger partial charge is 0.123 e. The van der Waals surface area contributed by atoms with Crippen molar-refractivity contribution in [2.24, 2.45) is 0 Å². The molecule has 14 heavy (non-hydrogen) atoms. The first-order chi connectivity index (χ1) is 6.77. The van der Waals surface area contributed by atoms with Crippen molar-refractivity contribution in [3.8, 4) is 16.9 Å². The standard InChI is InChI=1S/C11H10N2O/c12-9-3-4-11(14)10(6-9)8-2-1-5-13-7-8/h1-7,14H,12H2. The molecule has 1 heterocycles. The Morgan fingerprint density at radius 2 is 2.07 bits per heavy atom. The van der Waals surface area contributed by atoms with E-state index in [1.807, 2.05) is 12.1 Å². The van der Waals surface area contributed by atoms with E-state index in [2.05, 4.69) is 4.98 Å². The lowest BCUT2D eigenvalue weighted by Crippen LogP contribution is -1.86. The van der Waals surface area contributed by atoms with Gasteiger partial charge in [0.05, 0.1) is 0 Å². The Hall–Kier alpha value is -2.03. The molecular formula is C11H10N2O. The van der Waals surface area contributed by atoms with Crippen LogP contribution in [0, 0.1) is 0 Å². The summed E-state index contributed by atoms with van der Waals surface area (Å²) in [7, 11) is 0. The summed E-state index contributed by atoms with van der Waals surface area (Å²) >= 11 is 0. The number of hydrogen-bond donors (Lipinski definition) is 2. The number of rotatable bonds is 1. The third-order valence-electron chi connectivity index (χ3n) is 1.99. The number of anilines is 1. The van der Waals surface area contributed by atoms with Crippen LogP contribution in [-0.4, -0.2) is 10.1 Å². The van der Waals surface area contributed by atoms with Crippen LogP contribution < -0.4 is 5.73 Å². The largest absolute Gasteiger partial charge is 0.507 e. The predicted octanol–water partition coefficient (Wildman–Crippen LogP) is 2.04. The minimum Gasteiger partial charge on any atom is -0.507 e. The molecule has 2 aromatic rings. The number of nitrogens with two attached hydrogens (primary N) is 1. The number of phenols is 1. The monoisotopic (exact) mass is 186 g/mol. The second kappa shape index (κ2) is 3.38. The Bertz CT molecular complexity index is 440. The molecule has 0 fully saturated rings. The molecule has 1 aromatic carbocycles. The molecule has 0 unspecified atom stereocenters. The van der Waals surface area contributed by atoms with Gasteiger partial charge in [-0.1, -0.05) is 6.07 Å². The van der Waals surface area contributed by atoms with Crippen molar-refractivity contribution in [2.75, 3.05) is 5.73 Å². The van der Waals surface area contributed by atoms with Crippen molar-refractivity contribution in [1.29, 1.82) is 0 Å². The van der Waals surface area contributed by atoms with Crippen molar-refractivity contribution in [3.63, 3.8) is 0 Å². The van der Waals surface area contributed by atoms with Crippen molar-refractivity contribution >= 4 is 5.69 Å². The Morgan fingerprint density at radius 3 is 2.79 bits per heavy atom. The normalized spacial score (nSPS) is 10.0. The molecule has 0 aliphatic heterocycles. The third kappa shape index (κ3) is 1.52. The number of aromatic hydroxyl groups is 1. The van der Waals surface area contributed by atoms with Crippen LogP contribution in [0.3, 0.4) is 0 Å². The highest BCUT2D eigenvalue weighted by Crippen LogP contribution is 2.29. The fourth-order valence-electron chi connectivity index (χ4n) is 1.31. The van der Waals surface area contributed by atoms with Crippen LogP contribution in [-0.2, 0) is 0 Å². The van der Waals surface area contributed by atoms with Gasteiger partial charge in [-0.3, -0.25) is 4.98 Å². The molecule has 70 valence electrons. The molecule has 3 nitrogen and oxygen atoms in total. The highest BCUT2D eigenvalue weighted by atomic mass is 16.3. The summed E-state index contributed by atoms with van der Waals surface area (Å²) in [6.45, 7) is 0. The summed E-state index contributed by atoms with van der Waals surface area (Å²) in [5.41, 5.74) is 7.83. The number of phenolic OH excluding ortho intramolecular Hbond substituents is 1. The van der Waals surface area contributed by atoms with E-state index >= 15 is 0 Å². The Kier molecular flexibility index (Phi) is 2.07. The zero-order chi connectivity index (χ0) is 9.97. The Labute approximate surface area is 81.8 Å². The lowest BCUT2D eigenvalue weighted by atomic mass is 10.1. The van der Waals surface area contributed by atoms with Crippen molar-refractivity contribution < 1.29 is 5.11 Å². The number of nitrogens with zero attached hydrogens (tertiary/aromatic N) is 1. The first-order valence-electron chi connectivity index (χ1n) is 4.26. The Morgan fingerprint density at radius 1 is 1.21 bits per heavy atom.